The SMILES string of the molecule is O=C(NC1CCOC1)c1ccc(F)cc1I. The zero-order valence-electron chi connectivity index (χ0n) is 8.50. The number of ether oxygens (including phenoxy) is 1. The summed E-state index contributed by atoms with van der Waals surface area (Å²) >= 11 is 1.96. The standard InChI is InChI=1S/C11H11FINO2/c12-7-1-2-9(10(13)5-7)11(15)14-8-3-4-16-6-8/h1-2,5,8H,3-4,6H2,(H,14,15). The van der Waals surface area contributed by atoms with Crippen molar-refractivity contribution in [3.63, 3.8) is 0 Å². The maximum absolute atomic E-state index is 12.9. The van der Waals surface area contributed by atoms with Crippen molar-refractivity contribution in [2.75, 3.05) is 13.2 Å². The van der Waals surface area contributed by atoms with Crippen molar-refractivity contribution >= 4 is 28.5 Å². The Hall–Kier alpha value is -0.690. The molecule has 0 aliphatic carbocycles. The number of benzene rings is 1. The first-order chi connectivity index (χ1) is 7.66. The summed E-state index contributed by atoms with van der Waals surface area (Å²) in [6, 6.07) is 4.22. The molecule has 1 saturated heterocycles. The number of carbonyl (C=O) groups is 1. The van der Waals surface area contributed by atoms with Crippen LogP contribution in [0.15, 0.2) is 18.2 Å². The minimum atomic E-state index is -0.329. The Morgan fingerprint density at radius 3 is 3.00 bits per heavy atom. The summed E-state index contributed by atoms with van der Waals surface area (Å²) in [7, 11) is 0. The van der Waals surface area contributed by atoms with Gasteiger partial charge in [0.1, 0.15) is 5.82 Å². The van der Waals surface area contributed by atoms with Gasteiger partial charge < -0.3 is 10.1 Å². The first kappa shape index (κ1) is 11.8. The van der Waals surface area contributed by atoms with Crippen LogP contribution < -0.4 is 5.32 Å². The zero-order valence-corrected chi connectivity index (χ0v) is 10.7. The summed E-state index contributed by atoms with van der Waals surface area (Å²) in [6.07, 6.45) is 0.837. The van der Waals surface area contributed by atoms with Crippen molar-refractivity contribution in [2.24, 2.45) is 0 Å². The number of rotatable bonds is 2. The van der Waals surface area contributed by atoms with Gasteiger partial charge >= 0.3 is 0 Å². The number of halogens is 2. The summed E-state index contributed by atoms with van der Waals surface area (Å²) in [5.74, 6) is -0.495. The van der Waals surface area contributed by atoms with Crippen LogP contribution in [0, 0.1) is 9.39 Å². The predicted octanol–water partition coefficient (Wildman–Crippen LogP) is 1.95. The fraction of sp³-hybridized carbons (Fsp3) is 0.364. The highest BCUT2D eigenvalue weighted by atomic mass is 127. The van der Waals surface area contributed by atoms with Gasteiger partial charge in [-0.2, -0.15) is 0 Å². The van der Waals surface area contributed by atoms with E-state index in [4.69, 9.17) is 4.74 Å². The minimum absolute atomic E-state index is 0.0772. The monoisotopic (exact) mass is 335 g/mol. The van der Waals surface area contributed by atoms with E-state index in [0.29, 0.717) is 22.3 Å². The molecule has 0 radical (unpaired) electrons. The highest BCUT2D eigenvalue weighted by molar-refractivity contribution is 14.1. The van der Waals surface area contributed by atoms with E-state index in [0.717, 1.165) is 6.42 Å². The lowest BCUT2D eigenvalue weighted by Crippen LogP contribution is -2.35. The van der Waals surface area contributed by atoms with Gasteiger partial charge in [0.25, 0.3) is 5.91 Å². The zero-order chi connectivity index (χ0) is 11.5. The summed E-state index contributed by atoms with van der Waals surface area (Å²) < 4.78 is 18.6. The molecule has 3 nitrogen and oxygen atoms in total. The van der Waals surface area contributed by atoms with Gasteiger partial charge in [0.2, 0.25) is 0 Å². The molecule has 1 aliphatic rings. The first-order valence-electron chi connectivity index (χ1n) is 5.00. The molecule has 1 amide bonds. The van der Waals surface area contributed by atoms with Gasteiger partial charge in [-0.15, -0.1) is 0 Å². The number of nitrogens with one attached hydrogen (secondary N) is 1. The molecule has 0 bridgehead atoms. The van der Waals surface area contributed by atoms with E-state index in [9.17, 15) is 9.18 Å². The molecule has 16 heavy (non-hydrogen) atoms. The molecular formula is C11H11FINO2. The van der Waals surface area contributed by atoms with Gasteiger partial charge in [-0.05, 0) is 47.2 Å². The van der Waals surface area contributed by atoms with E-state index in [1.165, 1.54) is 18.2 Å². The molecule has 1 N–H and O–H groups in total. The molecule has 1 unspecified atom stereocenters. The average molecular weight is 335 g/mol. The van der Waals surface area contributed by atoms with Crippen LogP contribution in [0.5, 0.6) is 0 Å². The highest BCUT2D eigenvalue weighted by Crippen LogP contribution is 2.14. The van der Waals surface area contributed by atoms with Crippen molar-refractivity contribution in [3.8, 4) is 0 Å². The molecule has 86 valence electrons. The van der Waals surface area contributed by atoms with Crippen LogP contribution in [-0.2, 0) is 4.74 Å². The third-order valence-electron chi connectivity index (χ3n) is 2.44. The molecule has 1 fully saturated rings. The van der Waals surface area contributed by atoms with Crippen molar-refractivity contribution in [2.45, 2.75) is 12.5 Å². The van der Waals surface area contributed by atoms with E-state index < -0.39 is 0 Å². The molecule has 0 saturated carbocycles. The molecule has 2 rings (SSSR count). The second-order valence-corrected chi connectivity index (χ2v) is 4.82. The molecule has 1 atom stereocenters. The quantitative estimate of drug-likeness (QED) is 0.839. The second-order valence-electron chi connectivity index (χ2n) is 3.66. The van der Waals surface area contributed by atoms with E-state index >= 15 is 0 Å². The average Bonchev–Trinajstić information content (AvgIpc) is 2.70. The van der Waals surface area contributed by atoms with Gasteiger partial charge in [0.05, 0.1) is 18.2 Å². The maximum Gasteiger partial charge on any atom is 0.252 e. The van der Waals surface area contributed by atoms with Crippen molar-refractivity contribution < 1.29 is 13.9 Å². The van der Waals surface area contributed by atoms with Gasteiger partial charge in [0, 0.05) is 10.2 Å². The Balaban J connectivity index is 2.08. The fourth-order valence-corrected chi connectivity index (χ4v) is 2.31. The Kier molecular flexibility index (Phi) is 3.75. The normalized spacial score (nSPS) is 19.8. The smallest absolute Gasteiger partial charge is 0.252 e. The van der Waals surface area contributed by atoms with Crippen molar-refractivity contribution in [1.29, 1.82) is 0 Å². The summed E-state index contributed by atoms with van der Waals surface area (Å²) in [5.41, 5.74) is 0.508. The number of hydrogen-bond donors (Lipinski definition) is 1. The topological polar surface area (TPSA) is 38.3 Å². The van der Waals surface area contributed by atoms with Crippen LogP contribution in [0.3, 0.4) is 0 Å². The van der Waals surface area contributed by atoms with Crippen LogP contribution >= 0.6 is 22.6 Å². The van der Waals surface area contributed by atoms with Crippen LogP contribution in [-0.4, -0.2) is 25.2 Å². The molecule has 1 aromatic rings. The Bertz CT molecular complexity index is 405. The first-order valence-corrected chi connectivity index (χ1v) is 6.08. The lowest BCUT2D eigenvalue weighted by molar-refractivity contribution is 0.0929. The van der Waals surface area contributed by atoms with E-state index in [1.807, 2.05) is 22.6 Å². The van der Waals surface area contributed by atoms with Gasteiger partial charge in [-0.1, -0.05) is 0 Å². The third-order valence-corrected chi connectivity index (χ3v) is 3.33. The van der Waals surface area contributed by atoms with Crippen molar-refractivity contribution in [3.05, 3.63) is 33.1 Å². The number of hydrogen-bond acceptors (Lipinski definition) is 2. The lowest BCUT2D eigenvalue weighted by Gasteiger charge is -2.11. The van der Waals surface area contributed by atoms with E-state index in [2.05, 4.69) is 5.32 Å². The summed E-state index contributed by atoms with van der Waals surface area (Å²) in [6.45, 7) is 1.25. The van der Waals surface area contributed by atoms with Gasteiger partial charge in [0.15, 0.2) is 0 Å². The van der Waals surface area contributed by atoms with Crippen molar-refractivity contribution in [1.82, 2.24) is 5.32 Å². The highest BCUT2D eigenvalue weighted by Gasteiger charge is 2.19. The molecular weight excluding hydrogens is 324 g/mol. The molecule has 1 aromatic carbocycles. The molecule has 0 aromatic heterocycles. The third kappa shape index (κ3) is 2.70. The van der Waals surface area contributed by atoms with Gasteiger partial charge in [-0.25, -0.2) is 4.39 Å². The minimum Gasteiger partial charge on any atom is -0.379 e. The molecule has 1 heterocycles. The fourth-order valence-electron chi connectivity index (χ4n) is 1.59. The summed E-state index contributed by atoms with van der Waals surface area (Å²) in [5, 5.41) is 2.86. The van der Waals surface area contributed by atoms with Crippen LogP contribution in [0.25, 0.3) is 0 Å². The second kappa shape index (κ2) is 5.09. The molecule has 5 heteroatoms. The molecule has 0 spiro atoms. The Morgan fingerprint density at radius 1 is 1.56 bits per heavy atom. The number of amides is 1. The number of carbonyl (C=O) groups excluding carboxylic acids is 1. The van der Waals surface area contributed by atoms with E-state index in [-0.39, 0.29) is 17.8 Å². The van der Waals surface area contributed by atoms with E-state index in [1.54, 1.807) is 0 Å². The lowest BCUT2D eigenvalue weighted by atomic mass is 10.2. The van der Waals surface area contributed by atoms with Crippen LogP contribution in [0.4, 0.5) is 4.39 Å². The molecule has 1 aliphatic heterocycles. The maximum atomic E-state index is 12.9. The largest absolute Gasteiger partial charge is 0.379 e. The van der Waals surface area contributed by atoms with Crippen LogP contribution in [0.2, 0.25) is 0 Å². The van der Waals surface area contributed by atoms with Crippen LogP contribution in [0.1, 0.15) is 16.8 Å². The summed E-state index contributed by atoms with van der Waals surface area (Å²) in [4.78, 5) is 11.8. The van der Waals surface area contributed by atoms with Gasteiger partial charge in [-0.3, -0.25) is 4.79 Å². The Morgan fingerprint density at radius 2 is 2.38 bits per heavy atom. The Labute approximate surface area is 107 Å². The predicted molar refractivity (Wildman–Crippen MR) is 65.8 cm³/mol.